The Labute approximate surface area is 155 Å². The first-order valence-corrected chi connectivity index (χ1v) is 8.98. The van der Waals surface area contributed by atoms with Crippen LogP contribution in [0.4, 0.5) is 5.69 Å². The van der Waals surface area contributed by atoms with Crippen molar-refractivity contribution in [3.63, 3.8) is 0 Å². The molecule has 1 heterocycles. The molecule has 1 aromatic heterocycles. The van der Waals surface area contributed by atoms with E-state index < -0.39 is 0 Å². The van der Waals surface area contributed by atoms with E-state index in [1.165, 1.54) is 5.56 Å². The number of nitrogens with zero attached hydrogens (tertiary/aromatic N) is 2. The summed E-state index contributed by atoms with van der Waals surface area (Å²) in [7, 11) is 1.71. The molecular formula is C22H25N3O. The van der Waals surface area contributed by atoms with E-state index in [4.69, 9.17) is 20.4 Å². The molecule has 0 aliphatic carbocycles. The third-order valence-electron chi connectivity index (χ3n) is 4.34. The monoisotopic (exact) mass is 347 g/mol. The number of aryl methyl sites for hydroxylation is 1. The van der Waals surface area contributed by atoms with Crippen molar-refractivity contribution in [3.8, 4) is 11.4 Å². The van der Waals surface area contributed by atoms with Gasteiger partial charge in [0, 0.05) is 36.0 Å². The van der Waals surface area contributed by atoms with Crippen LogP contribution < -0.4 is 5.73 Å². The molecule has 0 saturated heterocycles. The lowest BCUT2D eigenvalue weighted by Crippen LogP contribution is -2.10. The minimum atomic E-state index is 0.476. The molecule has 0 saturated carbocycles. The Hall–Kier alpha value is -2.72. The van der Waals surface area contributed by atoms with E-state index in [1.54, 1.807) is 7.11 Å². The average molecular weight is 347 g/mol. The van der Waals surface area contributed by atoms with Crippen LogP contribution in [0, 0.1) is 0 Å². The highest BCUT2D eigenvalue weighted by atomic mass is 16.5. The van der Waals surface area contributed by atoms with Crippen LogP contribution in [-0.4, -0.2) is 17.1 Å². The molecule has 0 atom stereocenters. The summed E-state index contributed by atoms with van der Waals surface area (Å²) < 4.78 is 5.44. The lowest BCUT2D eigenvalue weighted by molar-refractivity contribution is 0.180. The summed E-state index contributed by atoms with van der Waals surface area (Å²) >= 11 is 0. The van der Waals surface area contributed by atoms with Gasteiger partial charge in [0.05, 0.1) is 12.3 Å². The topological polar surface area (TPSA) is 61.0 Å². The highest BCUT2D eigenvalue weighted by Gasteiger charge is 2.15. The number of ether oxygens (including phenoxy) is 1. The molecule has 3 rings (SSSR count). The highest BCUT2D eigenvalue weighted by Crippen LogP contribution is 2.24. The number of benzene rings is 2. The van der Waals surface area contributed by atoms with Crippen molar-refractivity contribution in [3.05, 3.63) is 77.1 Å². The van der Waals surface area contributed by atoms with Gasteiger partial charge < -0.3 is 10.5 Å². The van der Waals surface area contributed by atoms with E-state index in [-0.39, 0.29) is 0 Å². The van der Waals surface area contributed by atoms with Crippen molar-refractivity contribution in [2.24, 2.45) is 0 Å². The van der Waals surface area contributed by atoms with Crippen molar-refractivity contribution in [2.45, 2.75) is 32.8 Å². The van der Waals surface area contributed by atoms with Gasteiger partial charge in [-0.25, -0.2) is 9.97 Å². The zero-order chi connectivity index (χ0) is 18.4. The van der Waals surface area contributed by atoms with Gasteiger partial charge in [-0.05, 0) is 24.1 Å². The van der Waals surface area contributed by atoms with Crippen LogP contribution in [0.3, 0.4) is 0 Å². The fourth-order valence-corrected chi connectivity index (χ4v) is 3.04. The molecule has 0 fully saturated rings. The molecule has 0 aliphatic rings. The highest BCUT2D eigenvalue weighted by molar-refractivity contribution is 5.56. The van der Waals surface area contributed by atoms with Crippen LogP contribution in [0.25, 0.3) is 11.4 Å². The summed E-state index contributed by atoms with van der Waals surface area (Å²) in [5.41, 5.74) is 12.0. The number of methoxy groups -OCH3 is 1. The predicted molar refractivity (Wildman–Crippen MR) is 106 cm³/mol. The quantitative estimate of drug-likeness (QED) is 0.643. The molecule has 3 aromatic rings. The van der Waals surface area contributed by atoms with Crippen LogP contribution in [-0.2, 0) is 24.2 Å². The largest absolute Gasteiger partial charge is 0.399 e. The third-order valence-corrected chi connectivity index (χ3v) is 4.34. The summed E-state index contributed by atoms with van der Waals surface area (Å²) in [6, 6.07) is 18.1. The molecule has 0 bridgehead atoms. The van der Waals surface area contributed by atoms with Crippen molar-refractivity contribution < 1.29 is 4.74 Å². The Morgan fingerprint density at radius 1 is 0.923 bits per heavy atom. The molecule has 2 aromatic carbocycles. The molecule has 134 valence electrons. The molecule has 4 heteroatoms. The fourth-order valence-electron chi connectivity index (χ4n) is 3.04. The molecule has 0 amide bonds. The number of anilines is 1. The van der Waals surface area contributed by atoms with E-state index in [0.717, 1.165) is 53.3 Å². The Morgan fingerprint density at radius 3 is 2.27 bits per heavy atom. The van der Waals surface area contributed by atoms with Crippen molar-refractivity contribution in [2.75, 3.05) is 12.8 Å². The van der Waals surface area contributed by atoms with Crippen LogP contribution in [0.15, 0.2) is 54.6 Å². The second-order valence-corrected chi connectivity index (χ2v) is 6.39. The Balaban J connectivity index is 2.06. The van der Waals surface area contributed by atoms with Gasteiger partial charge in [0.25, 0.3) is 0 Å². The number of rotatable bonds is 7. The molecular weight excluding hydrogens is 322 g/mol. The summed E-state index contributed by atoms with van der Waals surface area (Å²) in [4.78, 5) is 9.73. The lowest BCUT2D eigenvalue weighted by atomic mass is 9.99. The van der Waals surface area contributed by atoms with E-state index in [1.807, 2.05) is 42.5 Å². The first-order chi connectivity index (χ1) is 12.7. The van der Waals surface area contributed by atoms with Crippen LogP contribution in [0.1, 0.15) is 35.9 Å². The number of aromatic nitrogens is 2. The van der Waals surface area contributed by atoms with Crippen molar-refractivity contribution >= 4 is 5.69 Å². The fraction of sp³-hybridized carbons (Fsp3) is 0.273. The molecule has 0 unspecified atom stereocenters. The maximum atomic E-state index is 5.81. The van der Waals surface area contributed by atoms with Crippen LogP contribution in [0.2, 0.25) is 0 Å². The Kier molecular flexibility index (Phi) is 5.97. The predicted octanol–water partition coefficient (Wildman–Crippen LogP) is 4.42. The summed E-state index contributed by atoms with van der Waals surface area (Å²) in [6.45, 7) is 2.65. The van der Waals surface area contributed by atoms with Crippen LogP contribution in [0.5, 0.6) is 0 Å². The van der Waals surface area contributed by atoms with Gasteiger partial charge in [0.2, 0.25) is 0 Å². The summed E-state index contributed by atoms with van der Waals surface area (Å²) in [6.07, 6.45) is 2.74. The lowest BCUT2D eigenvalue weighted by Gasteiger charge is -2.15. The van der Waals surface area contributed by atoms with Crippen LogP contribution >= 0.6 is 0 Å². The van der Waals surface area contributed by atoms with Gasteiger partial charge >= 0.3 is 0 Å². The third kappa shape index (κ3) is 4.27. The summed E-state index contributed by atoms with van der Waals surface area (Å²) in [5, 5.41) is 0. The average Bonchev–Trinajstić information content (AvgIpc) is 2.67. The van der Waals surface area contributed by atoms with Gasteiger partial charge in [-0.1, -0.05) is 55.8 Å². The second-order valence-electron chi connectivity index (χ2n) is 6.39. The maximum absolute atomic E-state index is 5.81. The zero-order valence-electron chi connectivity index (χ0n) is 15.4. The first kappa shape index (κ1) is 18.1. The van der Waals surface area contributed by atoms with Gasteiger partial charge in [0.1, 0.15) is 0 Å². The van der Waals surface area contributed by atoms with Gasteiger partial charge in [-0.3, -0.25) is 0 Å². The minimum absolute atomic E-state index is 0.476. The second kappa shape index (κ2) is 8.59. The van der Waals surface area contributed by atoms with Gasteiger partial charge in [0.15, 0.2) is 5.82 Å². The van der Waals surface area contributed by atoms with Gasteiger partial charge in [-0.15, -0.1) is 0 Å². The van der Waals surface area contributed by atoms with E-state index in [9.17, 15) is 0 Å². The minimum Gasteiger partial charge on any atom is -0.399 e. The van der Waals surface area contributed by atoms with Gasteiger partial charge in [-0.2, -0.15) is 0 Å². The standard InChI is InChI=1S/C22H25N3O/c1-3-7-20-19(14-16-10-12-18(23)13-11-16)21(15-26-2)25-22(24-20)17-8-5-4-6-9-17/h4-6,8-13H,3,7,14-15,23H2,1-2H3. The SMILES string of the molecule is CCCc1nc(-c2ccccc2)nc(COC)c1Cc1ccc(N)cc1. The molecule has 0 radical (unpaired) electrons. The molecule has 2 N–H and O–H groups in total. The molecule has 26 heavy (non-hydrogen) atoms. The van der Waals surface area contributed by atoms with Crippen molar-refractivity contribution in [1.82, 2.24) is 9.97 Å². The first-order valence-electron chi connectivity index (χ1n) is 8.98. The molecule has 0 spiro atoms. The number of hydrogen-bond donors (Lipinski definition) is 1. The van der Waals surface area contributed by atoms with Crippen molar-refractivity contribution in [1.29, 1.82) is 0 Å². The van der Waals surface area contributed by atoms with E-state index >= 15 is 0 Å². The summed E-state index contributed by atoms with van der Waals surface area (Å²) in [5.74, 6) is 0.766. The Morgan fingerprint density at radius 2 is 1.62 bits per heavy atom. The maximum Gasteiger partial charge on any atom is 0.159 e. The zero-order valence-corrected chi connectivity index (χ0v) is 15.4. The number of nitrogens with two attached hydrogens (primary N) is 1. The normalized spacial score (nSPS) is 10.8. The smallest absolute Gasteiger partial charge is 0.159 e. The molecule has 0 aliphatic heterocycles. The molecule has 4 nitrogen and oxygen atoms in total. The van der Waals surface area contributed by atoms with E-state index in [2.05, 4.69) is 19.1 Å². The number of hydrogen-bond acceptors (Lipinski definition) is 4. The number of nitrogen functional groups attached to an aromatic ring is 1. The van der Waals surface area contributed by atoms with E-state index in [0.29, 0.717) is 6.61 Å². The Bertz CT molecular complexity index is 818.